The lowest BCUT2D eigenvalue weighted by Gasteiger charge is -2.47. The fraction of sp³-hybridized carbons (Fsp3) is 0.538. The number of fused-ring (bicyclic) bond motifs is 4. The lowest BCUT2D eigenvalue weighted by atomic mass is 9.61. The molecule has 3 heterocycles. The van der Waals surface area contributed by atoms with E-state index in [-0.39, 0.29) is 35.3 Å². The molecule has 4 fully saturated rings. The average Bonchev–Trinajstić information content (AvgIpc) is 3.29. The van der Waals surface area contributed by atoms with E-state index >= 15 is 0 Å². The molecule has 0 amide bonds. The quantitative estimate of drug-likeness (QED) is 0.488. The van der Waals surface area contributed by atoms with Gasteiger partial charge in [-0.3, -0.25) is 9.59 Å². The minimum atomic E-state index is -0.807. The van der Waals surface area contributed by atoms with Crippen LogP contribution >= 0.6 is 0 Å². The van der Waals surface area contributed by atoms with Gasteiger partial charge >= 0.3 is 5.97 Å². The van der Waals surface area contributed by atoms with Crippen molar-refractivity contribution < 1.29 is 14.3 Å². The number of halogens is 1. The fourth-order valence-corrected chi connectivity index (χ4v) is 6.72. The van der Waals surface area contributed by atoms with Gasteiger partial charge in [-0.05, 0) is 56.4 Å². The van der Waals surface area contributed by atoms with E-state index in [0.717, 1.165) is 64.0 Å². The van der Waals surface area contributed by atoms with Gasteiger partial charge in [0, 0.05) is 35.4 Å². The molecule has 8 nitrogen and oxygen atoms in total. The molecule has 4 aliphatic carbocycles. The van der Waals surface area contributed by atoms with E-state index in [0.29, 0.717) is 22.3 Å². The number of nitrogens with one attached hydrogen (secondary N) is 2. The number of pyridine rings is 1. The summed E-state index contributed by atoms with van der Waals surface area (Å²) in [7, 11) is 0. The standard InChI is InChI=1S/C26H30FN5O3/c27-16-10-18-19(12-29-23(18)28-11-16)20-13-32(17-4-2-1-3-5-17)25(33)24(30-20)31-22-15-8-6-14(7-9-15)21(22)26(34)35/h10-15,17,21-22H,1-9H2,(H,28,29)(H,30,31)(H,34,35)/t14?,15?,21-,22-/m0/s1. The lowest BCUT2D eigenvalue weighted by molar-refractivity contribution is -0.148. The highest BCUT2D eigenvalue weighted by molar-refractivity contribution is 5.92. The highest BCUT2D eigenvalue weighted by Gasteiger charge is 2.47. The molecule has 0 spiro atoms. The third kappa shape index (κ3) is 3.90. The number of aromatic nitrogens is 4. The molecule has 3 N–H and O–H groups in total. The third-order valence-electron chi connectivity index (χ3n) is 8.48. The molecule has 0 saturated heterocycles. The Bertz CT molecular complexity index is 1320. The van der Waals surface area contributed by atoms with Crippen molar-refractivity contribution in [1.29, 1.82) is 0 Å². The van der Waals surface area contributed by atoms with Gasteiger partial charge in [0.25, 0.3) is 5.56 Å². The number of rotatable bonds is 5. The number of carboxylic acid groups (broad SMARTS) is 1. The Labute approximate surface area is 202 Å². The zero-order valence-corrected chi connectivity index (χ0v) is 19.5. The number of hydrogen-bond acceptors (Lipinski definition) is 5. The molecule has 3 aromatic rings. The molecule has 35 heavy (non-hydrogen) atoms. The number of hydrogen-bond donors (Lipinski definition) is 3. The molecular weight excluding hydrogens is 449 g/mol. The maximum atomic E-state index is 14.0. The van der Waals surface area contributed by atoms with E-state index in [1.165, 1.54) is 6.07 Å². The van der Waals surface area contributed by atoms with Crippen LogP contribution < -0.4 is 10.9 Å². The molecular formula is C26H30FN5O3. The van der Waals surface area contributed by atoms with Gasteiger partial charge in [0.15, 0.2) is 5.82 Å². The van der Waals surface area contributed by atoms with Crippen LogP contribution in [0.4, 0.5) is 10.2 Å². The molecule has 0 radical (unpaired) electrons. The summed E-state index contributed by atoms with van der Waals surface area (Å²) >= 11 is 0. The van der Waals surface area contributed by atoms with E-state index in [1.54, 1.807) is 17.0 Å². The second-order valence-corrected chi connectivity index (χ2v) is 10.4. The number of aromatic amines is 1. The van der Waals surface area contributed by atoms with Gasteiger partial charge < -0.3 is 20.0 Å². The molecule has 184 valence electrons. The Kier molecular flexibility index (Phi) is 5.57. The number of carboxylic acids is 1. The summed E-state index contributed by atoms with van der Waals surface area (Å²) in [6.45, 7) is 0. The number of H-pyrrole nitrogens is 1. The SMILES string of the molecule is O=C(O)[C@H]1C2CCC(CC2)[C@@H]1Nc1nc(-c2c[nH]c3ncc(F)cc23)cn(C2CCCCC2)c1=O. The van der Waals surface area contributed by atoms with Crippen molar-refractivity contribution in [2.75, 3.05) is 5.32 Å². The van der Waals surface area contributed by atoms with Crippen molar-refractivity contribution in [2.24, 2.45) is 17.8 Å². The summed E-state index contributed by atoms with van der Waals surface area (Å²) < 4.78 is 15.8. The van der Waals surface area contributed by atoms with E-state index in [2.05, 4.69) is 15.3 Å². The smallest absolute Gasteiger partial charge is 0.308 e. The van der Waals surface area contributed by atoms with Gasteiger partial charge in [-0.1, -0.05) is 19.3 Å². The van der Waals surface area contributed by atoms with Crippen molar-refractivity contribution in [3.05, 3.63) is 40.8 Å². The summed E-state index contributed by atoms with van der Waals surface area (Å²) in [4.78, 5) is 37.8. The molecule has 0 aliphatic heterocycles. The van der Waals surface area contributed by atoms with Crippen LogP contribution in [0.25, 0.3) is 22.3 Å². The van der Waals surface area contributed by atoms with E-state index in [4.69, 9.17) is 4.98 Å². The first-order valence-corrected chi connectivity index (χ1v) is 12.7. The maximum absolute atomic E-state index is 14.0. The van der Waals surface area contributed by atoms with Crippen molar-refractivity contribution >= 4 is 22.8 Å². The Balaban J connectivity index is 1.46. The highest BCUT2D eigenvalue weighted by atomic mass is 19.1. The molecule has 0 aromatic carbocycles. The minimum Gasteiger partial charge on any atom is -0.481 e. The third-order valence-corrected chi connectivity index (χ3v) is 8.48. The van der Waals surface area contributed by atoms with Crippen molar-refractivity contribution in [3.63, 3.8) is 0 Å². The summed E-state index contributed by atoms with van der Waals surface area (Å²) in [5, 5.41) is 13.9. The Morgan fingerprint density at radius 3 is 2.60 bits per heavy atom. The zero-order valence-electron chi connectivity index (χ0n) is 19.5. The second-order valence-electron chi connectivity index (χ2n) is 10.4. The normalized spacial score (nSPS) is 26.8. The number of anilines is 1. The lowest BCUT2D eigenvalue weighted by Crippen LogP contribution is -2.52. The molecule has 7 rings (SSSR count). The first kappa shape index (κ1) is 22.2. The molecule has 4 saturated carbocycles. The Hall–Kier alpha value is -3.23. The van der Waals surface area contributed by atoms with Crippen molar-refractivity contribution in [3.8, 4) is 11.3 Å². The molecule has 3 aromatic heterocycles. The number of nitrogens with zero attached hydrogens (tertiary/aromatic N) is 3. The summed E-state index contributed by atoms with van der Waals surface area (Å²) in [5.74, 6) is -1.25. The first-order chi connectivity index (χ1) is 17.0. The molecule has 0 unspecified atom stereocenters. The molecule has 2 bridgehead atoms. The average molecular weight is 480 g/mol. The van der Waals surface area contributed by atoms with Crippen LogP contribution in [0.3, 0.4) is 0 Å². The van der Waals surface area contributed by atoms with Gasteiger partial charge in [-0.2, -0.15) is 0 Å². The molecule has 2 atom stereocenters. The topological polar surface area (TPSA) is 113 Å². The van der Waals surface area contributed by atoms with Crippen molar-refractivity contribution in [1.82, 2.24) is 19.5 Å². The van der Waals surface area contributed by atoms with Gasteiger partial charge in [-0.25, -0.2) is 14.4 Å². The monoisotopic (exact) mass is 479 g/mol. The minimum absolute atomic E-state index is 0.0664. The first-order valence-electron chi connectivity index (χ1n) is 12.7. The van der Waals surface area contributed by atoms with Crippen LogP contribution in [0.1, 0.15) is 63.8 Å². The van der Waals surface area contributed by atoms with Gasteiger partial charge in [0.05, 0.1) is 17.8 Å². The maximum Gasteiger partial charge on any atom is 0.308 e. The fourth-order valence-electron chi connectivity index (χ4n) is 6.72. The Morgan fingerprint density at radius 2 is 1.86 bits per heavy atom. The van der Waals surface area contributed by atoms with Gasteiger partial charge in [0.2, 0.25) is 0 Å². The van der Waals surface area contributed by atoms with Crippen LogP contribution in [0.2, 0.25) is 0 Å². The molecule has 4 aliphatic rings. The Morgan fingerprint density at radius 1 is 1.11 bits per heavy atom. The van der Waals surface area contributed by atoms with Crippen LogP contribution in [-0.2, 0) is 4.79 Å². The largest absolute Gasteiger partial charge is 0.481 e. The van der Waals surface area contributed by atoms with Crippen LogP contribution in [-0.4, -0.2) is 36.6 Å². The van der Waals surface area contributed by atoms with Crippen LogP contribution in [0.15, 0.2) is 29.5 Å². The predicted molar refractivity (Wildman–Crippen MR) is 130 cm³/mol. The van der Waals surface area contributed by atoms with Crippen LogP contribution in [0.5, 0.6) is 0 Å². The summed E-state index contributed by atoms with van der Waals surface area (Å²) in [6, 6.07) is 1.16. The van der Waals surface area contributed by atoms with E-state index in [1.807, 2.05) is 0 Å². The molecule has 9 heteroatoms. The summed E-state index contributed by atoms with van der Waals surface area (Å²) in [6.07, 6.45) is 13.6. The summed E-state index contributed by atoms with van der Waals surface area (Å²) in [5.41, 5.74) is 1.54. The second kappa shape index (κ2) is 8.77. The van der Waals surface area contributed by atoms with Gasteiger partial charge in [-0.15, -0.1) is 0 Å². The van der Waals surface area contributed by atoms with Gasteiger partial charge in [0.1, 0.15) is 11.5 Å². The van der Waals surface area contributed by atoms with Crippen molar-refractivity contribution in [2.45, 2.75) is 69.9 Å². The van der Waals surface area contributed by atoms with Crippen LogP contribution in [0, 0.1) is 23.6 Å². The number of carbonyl (C=O) groups is 1. The van der Waals surface area contributed by atoms with E-state index < -0.39 is 17.7 Å². The predicted octanol–water partition coefficient (Wildman–Crippen LogP) is 4.73. The van der Waals surface area contributed by atoms with E-state index in [9.17, 15) is 19.1 Å². The number of aliphatic carboxylic acids is 1. The zero-order chi connectivity index (χ0) is 24.1. The highest BCUT2D eigenvalue weighted by Crippen LogP contribution is 2.46.